The van der Waals surface area contributed by atoms with Crippen molar-refractivity contribution in [1.82, 2.24) is 4.68 Å². The van der Waals surface area contributed by atoms with E-state index in [1.165, 1.54) is 12.1 Å². The summed E-state index contributed by atoms with van der Waals surface area (Å²) in [6, 6.07) is 11.9. The summed E-state index contributed by atoms with van der Waals surface area (Å²) in [5.74, 6) is 0. The third kappa shape index (κ3) is 3.90. The molecule has 3 aromatic rings. The minimum atomic E-state index is -5.53. The second-order valence-electron chi connectivity index (χ2n) is 6.00. The van der Waals surface area contributed by atoms with Crippen LogP contribution in [0.4, 0.5) is 18.9 Å². The zero-order chi connectivity index (χ0) is 19.8. The quantitative estimate of drug-likeness (QED) is 0.685. The van der Waals surface area contributed by atoms with Crippen molar-refractivity contribution >= 4 is 39.1 Å². The first kappa shape index (κ1) is 19.2. The second kappa shape index (κ2) is 6.84. The first-order valence-electron chi connectivity index (χ1n) is 7.90. The SMILES string of the molecule is C/C(=N\n1cbc2ccccc21)c1cc(C)ccc1NS(=O)(=O)C(F)(F)F. The molecule has 1 N–H and O–H groups in total. The van der Waals surface area contributed by atoms with Gasteiger partial charge in [0.05, 0.1) is 0 Å². The molecule has 27 heavy (non-hydrogen) atoms. The molecule has 5 nitrogen and oxygen atoms in total. The maximum absolute atomic E-state index is 12.7. The van der Waals surface area contributed by atoms with Crippen molar-refractivity contribution in [3.63, 3.8) is 0 Å². The average Bonchev–Trinajstić information content (AvgIpc) is 2.98. The Labute approximate surface area is 154 Å². The van der Waals surface area contributed by atoms with E-state index in [1.54, 1.807) is 35.4 Å². The van der Waals surface area contributed by atoms with Crippen molar-refractivity contribution in [2.24, 2.45) is 5.10 Å². The summed E-state index contributed by atoms with van der Waals surface area (Å²) in [5.41, 5.74) is -3.39. The summed E-state index contributed by atoms with van der Waals surface area (Å²) in [7, 11) is -5.53. The Morgan fingerprint density at radius 3 is 2.59 bits per heavy atom. The van der Waals surface area contributed by atoms with Crippen molar-refractivity contribution in [2.45, 2.75) is 19.4 Å². The zero-order valence-corrected chi connectivity index (χ0v) is 15.3. The van der Waals surface area contributed by atoms with Gasteiger partial charge in [0.15, 0.2) is 0 Å². The number of aryl methyl sites for hydroxylation is 1. The van der Waals surface area contributed by atoms with Crippen LogP contribution in [-0.4, -0.2) is 31.2 Å². The Hall–Kier alpha value is -2.62. The van der Waals surface area contributed by atoms with E-state index >= 15 is 0 Å². The van der Waals surface area contributed by atoms with Gasteiger partial charge in [-0.2, -0.15) is 0 Å². The van der Waals surface area contributed by atoms with E-state index in [1.807, 2.05) is 31.2 Å². The van der Waals surface area contributed by atoms with Crippen molar-refractivity contribution in [3.8, 4) is 0 Å². The van der Waals surface area contributed by atoms with Gasteiger partial charge in [-0.1, -0.05) is 0 Å². The van der Waals surface area contributed by atoms with Gasteiger partial charge in [0.2, 0.25) is 0 Å². The van der Waals surface area contributed by atoms with Gasteiger partial charge >= 0.3 is 154 Å². The number of hydrogen-bond acceptors (Lipinski definition) is 3. The molecule has 0 aliphatic rings. The normalized spacial score (nSPS) is 13.0. The first-order valence-corrected chi connectivity index (χ1v) is 9.38. The molecule has 10 heteroatoms. The number of nitrogens with zero attached hydrogens (tertiary/aromatic N) is 2. The topological polar surface area (TPSA) is 63.5 Å². The molecule has 0 aliphatic heterocycles. The van der Waals surface area contributed by atoms with E-state index in [9.17, 15) is 21.6 Å². The summed E-state index contributed by atoms with van der Waals surface area (Å²) < 4.78 is 64.4. The molecule has 0 spiro atoms. The Balaban J connectivity index is 2.07. The summed E-state index contributed by atoms with van der Waals surface area (Å²) in [6.45, 7) is 5.22. The van der Waals surface area contributed by atoms with Crippen LogP contribution in [0.15, 0.2) is 53.7 Å². The first-order chi connectivity index (χ1) is 12.6. The van der Waals surface area contributed by atoms with Crippen LogP contribution in [0.3, 0.4) is 0 Å². The zero-order valence-electron chi connectivity index (χ0n) is 14.4. The molecule has 0 atom stereocenters. The van der Waals surface area contributed by atoms with Crippen LogP contribution in [-0.2, 0) is 10.0 Å². The molecule has 1 aromatic heterocycles. The molecule has 0 unspecified atom stereocenters. The van der Waals surface area contributed by atoms with Crippen molar-refractivity contribution < 1.29 is 21.6 Å². The van der Waals surface area contributed by atoms with Gasteiger partial charge < -0.3 is 0 Å². The predicted octanol–water partition coefficient (Wildman–Crippen LogP) is 3.82. The molecule has 1 heterocycles. The fourth-order valence-electron chi connectivity index (χ4n) is 2.62. The standard InChI is InChI=1S/C17H15BF3N3O2S/c1-11-7-8-15(23-27(25,26)17(19,20)21)13(9-11)12(2)22-24-10-18-14-5-3-4-6-16(14)24/h3-10,23H,1-2H3/b22-12+. The fourth-order valence-corrected chi connectivity index (χ4v) is 3.20. The number of anilines is 1. The fraction of sp³-hybridized carbons (Fsp3) is 0.176. The number of alkyl halides is 3. The molecule has 0 aliphatic carbocycles. The van der Waals surface area contributed by atoms with Crippen molar-refractivity contribution in [3.05, 3.63) is 59.7 Å². The van der Waals surface area contributed by atoms with Crippen LogP contribution in [0.5, 0.6) is 0 Å². The van der Waals surface area contributed by atoms with Crippen molar-refractivity contribution in [1.29, 1.82) is 0 Å². The van der Waals surface area contributed by atoms with Gasteiger partial charge in [0.1, 0.15) is 0 Å². The molecular formula is C17H15BF3N3O2S. The van der Waals surface area contributed by atoms with Crippen LogP contribution < -0.4 is 4.72 Å². The number of fused-ring (bicyclic) bond motifs is 1. The van der Waals surface area contributed by atoms with Gasteiger partial charge in [0.25, 0.3) is 0 Å². The Kier molecular flexibility index (Phi) is 4.85. The molecule has 0 fully saturated rings. The maximum atomic E-state index is 12.7. The minimum absolute atomic E-state index is 0.185. The van der Waals surface area contributed by atoms with Crippen LogP contribution in [0, 0.1) is 6.92 Å². The second-order valence-corrected chi connectivity index (χ2v) is 7.68. The number of nitrogens with one attached hydrogen (secondary N) is 1. The summed E-state index contributed by atoms with van der Waals surface area (Å²) in [6.07, 6.45) is 1.73. The number of aromatic nitrogens is 1. The number of rotatable bonds is 4. The third-order valence-corrected chi connectivity index (χ3v) is 5.05. The molecule has 2 aromatic carbocycles. The summed E-state index contributed by atoms with van der Waals surface area (Å²) in [5, 5.41) is 5.38. The van der Waals surface area contributed by atoms with E-state index in [0.717, 1.165) is 16.4 Å². The predicted molar refractivity (Wildman–Crippen MR) is 101 cm³/mol. The Bertz CT molecular complexity index is 1140. The summed E-state index contributed by atoms with van der Waals surface area (Å²) >= 11 is 0. The molecule has 0 amide bonds. The number of sulfonamides is 1. The Morgan fingerprint density at radius 1 is 1.19 bits per heavy atom. The van der Waals surface area contributed by atoms with E-state index in [2.05, 4.69) is 5.10 Å². The van der Waals surface area contributed by atoms with E-state index < -0.39 is 15.5 Å². The molecule has 0 bridgehead atoms. The molecular weight excluding hydrogens is 378 g/mol. The van der Waals surface area contributed by atoms with Gasteiger partial charge in [-0.25, -0.2) is 0 Å². The van der Waals surface area contributed by atoms with Gasteiger partial charge in [-0.05, 0) is 0 Å². The molecule has 0 radical (unpaired) electrons. The van der Waals surface area contributed by atoms with Crippen LogP contribution in [0.1, 0.15) is 18.1 Å². The molecule has 0 saturated carbocycles. The van der Waals surface area contributed by atoms with Crippen molar-refractivity contribution in [2.75, 3.05) is 4.72 Å². The number of halogens is 3. The monoisotopic (exact) mass is 393 g/mol. The molecule has 140 valence electrons. The third-order valence-electron chi connectivity index (χ3n) is 3.95. The van der Waals surface area contributed by atoms with Crippen LogP contribution in [0.25, 0.3) is 10.8 Å². The van der Waals surface area contributed by atoms with Crippen LogP contribution >= 0.6 is 0 Å². The number of para-hydroxylation sites is 1. The van der Waals surface area contributed by atoms with Crippen LogP contribution in [0.2, 0.25) is 0 Å². The van der Waals surface area contributed by atoms with Gasteiger partial charge in [-0.15, -0.1) is 0 Å². The average molecular weight is 393 g/mol. The molecule has 0 saturated heterocycles. The summed E-state index contributed by atoms with van der Waals surface area (Å²) in [4.78, 5) is 0. The van der Waals surface area contributed by atoms with E-state index in [4.69, 9.17) is 0 Å². The number of benzene rings is 2. The number of hydrogen-bond donors (Lipinski definition) is 1. The molecule has 3 rings (SSSR count). The van der Waals surface area contributed by atoms with E-state index in [0.29, 0.717) is 5.71 Å². The van der Waals surface area contributed by atoms with E-state index in [-0.39, 0.29) is 11.3 Å². The van der Waals surface area contributed by atoms with Gasteiger partial charge in [-0.3, -0.25) is 0 Å². The van der Waals surface area contributed by atoms with Gasteiger partial charge in [0, 0.05) is 0 Å². The Morgan fingerprint density at radius 2 is 1.89 bits per heavy atom.